The minimum Gasteiger partial charge on any atom is -0.398 e. The number of nitrogen functional groups attached to an aromatic ring is 1. The summed E-state index contributed by atoms with van der Waals surface area (Å²) >= 11 is 5.09. The van der Waals surface area contributed by atoms with Crippen molar-refractivity contribution >= 4 is 18.3 Å². The monoisotopic (exact) mass is 164 g/mol. The highest BCUT2D eigenvalue weighted by Crippen LogP contribution is 2.25. The Morgan fingerprint density at radius 1 is 1.45 bits per heavy atom. The minimum absolute atomic E-state index is 0.0730. The molecule has 0 aromatic heterocycles. The van der Waals surface area contributed by atoms with E-state index in [4.69, 9.17) is 18.4 Å². The van der Waals surface area contributed by atoms with Gasteiger partial charge in [0.2, 0.25) is 0 Å². The molecule has 57 valence electrons. The molecule has 0 spiro atoms. The Labute approximate surface area is 72.3 Å². The average molecular weight is 164 g/mol. The molecule has 1 aromatic carbocycles. The second kappa shape index (κ2) is 3.49. The van der Waals surface area contributed by atoms with Crippen LogP contribution in [-0.2, 0) is 0 Å². The molecule has 1 rings (SSSR count). The van der Waals surface area contributed by atoms with Crippen LogP contribution in [-0.4, -0.2) is 0 Å². The van der Waals surface area contributed by atoms with Gasteiger partial charge in [-0.2, -0.15) is 0 Å². The van der Waals surface area contributed by atoms with Crippen molar-refractivity contribution in [3.05, 3.63) is 42.5 Å². The molecule has 0 saturated carbocycles. The van der Waals surface area contributed by atoms with Crippen LogP contribution in [0.4, 0.5) is 5.69 Å². The fraction of sp³-hybridized carbons (Fsp3) is 0.111. The molecule has 2 N–H and O–H groups in total. The smallest absolute Gasteiger partial charge is 0.0599 e. The van der Waals surface area contributed by atoms with Crippen molar-refractivity contribution in [2.75, 3.05) is 5.73 Å². The van der Waals surface area contributed by atoms with E-state index < -0.39 is 0 Å². The third-order valence-electron chi connectivity index (χ3n) is 1.52. The van der Waals surface area contributed by atoms with Crippen molar-refractivity contribution in [2.45, 2.75) is 5.25 Å². The second-order valence-corrected chi connectivity index (χ2v) is 2.79. The van der Waals surface area contributed by atoms with Crippen LogP contribution in [0.25, 0.3) is 0 Å². The lowest BCUT2D eigenvalue weighted by molar-refractivity contribution is 1.25. The maximum absolute atomic E-state index is 5.68. The number of benzene rings is 1. The lowest BCUT2D eigenvalue weighted by atomic mass is 10.1. The van der Waals surface area contributed by atoms with Crippen molar-refractivity contribution in [1.82, 2.24) is 0 Å². The topological polar surface area (TPSA) is 26.0 Å². The minimum atomic E-state index is -0.0730. The van der Waals surface area contributed by atoms with E-state index in [0.717, 1.165) is 11.3 Å². The third-order valence-corrected chi connectivity index (χ3v) is 1.96. The Balaban J connectivity index is 3.02. The Morgan fingerprint density at radius 2 is 2.09 bits per heavy atom. The zero-order chi connectivity index (χ0) is 8.27. The summed E-state index contributed by atoms with van der Waals surface area (Å²) in [5.74, 6) is 0. The molecule has 0 heterocycles. The highest BCUT2D eigenvalue weighted by atomic mass is 32.1. The molecule has 0 amide bonds. The normalized spacial score (nSPS) is 12.5. The first-order valence-corrected chi connectivity index (χ1v) is 3.85. The predicted molar refractivity (Wildman–Crippen MR) is 51.4 cm³/mol. The Kier molecular flexibility index (Phi) is 2.60. The van der Waals surface area contributed by atoms with Gasteiger partial charge in [0.15, 0.2) is 0 Å². The van der Waals surface area contributed by atoms with E-state index in [9.17, 15) is 0 Å². The summed E-state index contributed by atoms with van der Waals surface area (Å²) in [7, 11) is 0. The summed E-state index contributed by atoms with van der Waals surface area (Å²) < 4.78 is 0. The SMILES string of the molecule is C=CC([S])c1ccccc1N. The predicted octanol–water partition coefficient (Wildman–Crippen LogP) is 2.69. The molecule has 1 unspecified atom stereocenters. The molecule has 1 aromatic rings. The highest BCUT2D eigenvalue weighted by molar-refractivity contribution is 7.80. The summed E-state index contributed by atoms with van der Waals surface area (Å²) in [5.41, 5.74) is 7.40. The number of hydrogen-bond donors (Lipinski definition) is 1. The molecule has 1 atom stereocenters. The van der Waals surface area contributed by atoms with E-state index in [1.54, 1.807) is 6.08 Å². The maximum Gasteiger partial charge on any atom is 0.0599 e. The van der Waals surface area contributed by atoms with Gasteiger partial charge in [-0.15, -0.1) is 6.58 Å². The van der Waals surface area contributed by atoms with Crippen molar-refractivity contribution in [1.29, 1.82) is 0 Å². The molecular weight excluding hydrogens is 154 g/mol. The number of nitrogens with two attached hydrogens (primary N) is 1. The van der Waals surface area contributed by atoms with Gasteiger partial charge in [0.25, 0.3) is 0 Å². The van der Waals surface area contributed by atoms with Gasteiger partial charge in [-0.05, 0) is 11.6 Å². The van der Waals surface area contributed by atoms with Gasteiger partial charge in [-0.25, -0.2) is 0 Å². The largest absolute Gasteiger partial charge is 0.398 e. The van der Waals surface area contributed by atoms with Gasteiger partial charge in [0.05, 0.1) is 5.25 Å². The van der Waals surface area contributed by atoms with Crippen LogP contribution in [0.2, 0.25) is 0 Å². The van der Waals surface area contributed by atoms with Crippen LogP contribution < -0.4 is 5.73 Å². The highest BCUT2D eigenvalue weighted by Gasteiger charge is 2.04. The first-order valence-electron chi connectivity index (χ1n) is 3.38. The van der Waals surface area contributed by atoms with E-state index in [0.29, 0.717) is 0 Å². The van der Waals surface area contributed by atoms with E-state index in [1.807, 2.05) is 24.3 Å². The van der Waals surface area contributed by atoms with Gasteiger partial charge in [-0.3, -0.25) is 0 Å². The lowest BCUT2D eigenvalue weighted by Gasteiger charge is -2.06. The van der Waals surface area contributed by atoms with Crippen LogP contribution in [0, 0.1) is 0 Å². The van der Waals surface area contributed by atoms with Crippen molar-refractivity contribution in [3.63, 3.8) is 0 Å². The van der Waals surface area contributed by atoms with Gasteiger partial charge < -0.3 is 5.73 Å². The number of para-hydroxylation sites is 1. The van der Waals surface area contributed by atoms with Crippen LogP contribution in [0.5, 0.6) is 0 Å². The summed E-state index contributed by atoms with van der Waals surface area (Å²) in [6.07, 6.45) is 1.71. The molecule has 2 heteroatoms. The second-order valence-electron chi connectivity index (χ2n) is 2.29. The summed E-state index contributed by atoms with van der Waals surface area (Å²) in [5, 5.41) is -0.0730. The van der Waals surface area contributed by atoms with Crippen molar-refractivity contribution in [2.24, 2.45) is 0 Å². The fourth-order valence-corrected chi connectivity index (χ4v) is 1.11. The zero-order valence-corrected chi connectivity index (χ0v) is 6.97. The van der Waals surface area contributed by atoms with Crippen LogP contribution in [0.15, 0.2) is 36.9 Å². The Morgan fingerprint density at radius 3 is 2.64 bits per heavy atom. The summed E-state index contributed by atoms with van der Waals surface area (Å²) in [4.78, 5) is 0. The molecule has 0 aliphatic rings. The molecule has 1 nitrogen and oxygen atoms in total. The standard InChI is InChI=1S/C9H10NS/c1-2-9(11)7-5-3-4-6-8(7)10/h2-6,9H,1,10H2. The Hall–Kier alpha value is -0.890. The molecule has 0 saturated heterocycles. The lowest BCUT2D eigenvalue weighted by Crippen LogP contribution is -1.93. The van der Waals surface area contributed by atoms with Crippen LogP contribution in [0.3, 0.4) is 0 Å². The van der Waals surface area contributed by atoms with Gasteiger partial charge in [0, 0.05) is 5.69 Å². The van der Waals surface area contributed by atoms with E-state index in [1.165, 1.54) is 0 Å². The van der Waals surface area contributed by atoms with E-state index >= 15 is 0 Å². The molecule has 0 bridgehead atoms. The maximum atomic E-state index is 5.68. The first kappa shape index (κ1) is 8.21. The summed E-state index contributed by atoms with van der Waals surface area (Å²) in [6, 6.07) is 7.59. The molecule has 0 aliphatic heterocycles. The number of rotatable bonds is 2. The first-order chi connectivity index (χ1) is 5.25. The molecule has 11 heavy (non-hydrogen) atoms. The van der Waals surface area contributed by atoms with Gasteiger partial charge in [-0.1, -0.05) is 36.9 Å². The van der Waals surface area contributed by atoms with Gasteiger partial charge in [0.1, 0.15) is 0 Å². The van der Waals surface area contributed by atoms with Crippen LogP contribution in [0.1, 0.15) is 10.8 Å². The Bertz CT molecular complexity index is 257. The molecule has 1 radical (unpaired) electrons. The van der Waals surface area contributed by atoms with E-state index in [-0.39, 0.29) is 5.25 Å². The molecule has 0 aliphatic carbocycles. The third kappa shape index (κ3) is 1.77. The number of hydrogen-bond acceptors (Lipinski definition) is 1. The molecular formula is C9H10NS. The van der Waals surface area contributed by atoms with Gasteiger partial charge >= 0.3 is 0 Å². The number of anilines is 1. The van der Waals surface area contributed by atoms with Crippen molar-refractivity contribution in [3.8, 4) is 0 Å². The average Bonchev–Trinajstić information content (AvgIpc) is 2.04. The van der Waals surface area contributed by atoms with Crippen LogP contribution >= 0.6 is 12.6 Å². The van der Waals surface area contributed by atoms with E-state index in [2.05, 4.69) is 6.58 Å². The summed E-state index contributed by atoms with van der Waals surface area (Å²) in [6.45, 7) is 3.62. The quantitative estimate of drug-likeness (QED) is 0.528. The van der Waals surface area contributed by atoms with Crippen molar-refractivity contribution < 1.29 is 0 Å². The fourth-order valence-electron chi connectivity index (χ4n) is 0.897. The molecule has 0 fully saturated rings. The zero-order valence-electron chi connectivity index (χ0n) is 6.16.